The summed E-state index contributed by atoms with van der Waals surface area (Å²) in [6.07, 6.45) is 6.34. The van der Waals surface area contributed by atoms with Crippen LogP contribution in [0.2, 0.25) is 0 Å². The second-order valence-electron chi connectivity index (χ2n) is 7.06. The number of hydrogen-bond donors (Lipinski definition) is 2. The molecular weight excluding hydrogens is 447 g/mol. The van der Waals surface area contributed by atoms with E-state index < -0.39 is 0 Å². The molecule has 1 saturated carbocycles. The van der Waals surface area contributed by atoms with Gasteiger partial charge in [-0.15, -0.1) is 35.3 Å². The first-order chi connectivity index (χ1) is 11.6. The fourth-order valence-corrected chi connectivity index (χ4v) is 4.13. The lowest BCUT2D eigenvalue weighted by Gasteiger charge is -2.29. The molecule has 5 nitrogen and oxygen atoms in total. The topological polar surface area (TPSA) is 58.5 Å². The Balaban J connectivity index is 0.00000312. The maximum Gasteiger partial charge on any atom is 0.191 e. The molecule has 144 valence electrons. The van der Waals surface area contributed by atoms with Crippen LogP contribution in [0.25, 0.3) is 0 Å². The van der Waals surface area contributed by atoms with Gasteiger partial charge >= 0.3 is 0 Å². The van der Waals surface area contributed by atoms with E-state index in [0.717, 1.165) is 31.2 Å². The summed E-state index contributed by atoms with van der Waals surface area (Å²) in [7, 11) is 3.61. The monoisotopic (exact) mass is 480 g/mol. The summed E-state index contributed by atoms with van der Waals surface area (Å²) in [5.41, 5.74) is 1.45. The van der Waals surface area contributed by atoms with Gasteiger partial charge in [0.05, 0.1) is 17.2 Å². The molecule has 0 bridgehead atoms. The third-order valence-corrected chi connectivity index (χ3v) is 6.05. The van der Waals surface area contributed by atoms with E-state index in [9.17, 15) is 0 Å². The Morgan fingerprint density at radius 3 is 2.64 bits per heavy atom. The van der Waals surface area contributed by atoms with E-state index in [1.54, 1.807) is 18.4 Å². The number of aromatic nitrogens is 1. The smallest absolute Gasteiger partial charge is 0.191 e. The van der Waals surface area contributed by atoms with E-state index >= 15 is 0 Å². The van der Waals surface area contributed by atoms with Gasteiger partial charge in [0.1, 0.15) is 0 Å². The van der Waals surface area contributed by atoms with Crippen LogP contribution in [0.4, 0.5) is 0 Å². The predicted molar refractivity (Wildman–Crippen MR) is 117 cm³/mol. The maximum atomic E-state index is 5.31. The predicted octanol–water partition coefficient (Wildman–Crippen LogP) is 4.15. The molecule has 1 aliphatic carbocycles. The van der Waals surface area contributed by atoms with Crippen LogP contribution in [0.5, 0.6) is 0 Å². The zero-order chi connectivity index (χ0) is 17.4. The standard InChI is InChI=1S/C18H32N4OS.HI/c1-14(2)16-22-15(12-24-16)11-20-17(19-3)21-13-18(9-10-23-4)7-5-6-8-18;/h12,14H,5-11,13H2,1-4H3,(H2,19,20,21);1H. The second-order valence-corrected chi connectivity index (χ2v) is 7.95. The Morgan fingerprint density at radius 1 is 1.36 bits per heavy atom. The van der Waals surface area contributed by atoms with Gasteiger partial charge in [0.15, 0.2) is 5.96 Å². The zero-order valence-electron chi connectivity index (χ0n) is 15.9. The fraction of sp³-hybridized carbons (Fsp3) is 0.778. The van der Waals surface area contributed by atoms with Crippen LogP contribution < -0.4 is 10.6 Å². The number of rotatable bonds is 8. The van der Waals surface area contributed by atoms with Crippen LogP contribution in [0.3, 0.4) is 0 Å². The molecule has 0 spiro atoms. The number of guanidine groups is 1. The average Bonchev–Trinajstić information content (AvgIpc) is 3.23. The highest BCUT2D eigenvalue weighted by Gasteiger charge is 2.33. The highest BCUT2D eigenvalue weighted by Crippen LogP contribution is 2.40. The van der Waals surface area contributed by atoms with Gasteiger partial charge in [-0.1, -0.05) is 26.7 Å². The normalized spacial score (nSPS) is 16.8. The summed E-state index contributed by atoms with van der Waals surface area (Å²) in [4.78, 5) is 9.02. The molecule has 0 atom stereocenters. The summed E-state index contributed by atoms with van der Waals surface area (Å²) in [6, 6.07) is 0. The Labute approximate surface area is 173 Å². The molecule has 0 aliphatic heterocycles. The number of halogens is 1. The third-order valence-electron chi connectivity index (χ3n) is 4.86. The quantitative estimate of drug-likeness (QED) is 0.334. The van der Waals surface area contributed by atoms with Crippen LogP contribution in [0, 0.1) is 5.41 Å². The first kappa shape index (κ1) is 22.6. The highest BCUT2D eigenvalue weighted by molar-refractivity contribution is 14.0. The largest absolute Gasteiger partial charge is 0.385 e. The molecule has 1 aliphatic rings. The minimum atomic E-state index is 0. The first-order valence-electron chi connectivity index (χ1n) is 8.96. The molecule has 1 heterocycles. The molecule has 7 heteroatoms. The van der Waals surface area contributed by atoms with E-state index in [1.807, 2.05) is 7.05 Å². The van der Waals surface area contributed by atoms with E-state index in [-0.39, 0.29) is 24.0 Å². The highest BCUT2D eigenvalue weighted by atomic mass is 127. The molecule has 1 fully saturated rings. The van der Waals surface area contributed by atoms with E-state index in [1.165, 1.54) is 30.7 Å². The number of aliphatic imine (C=N–C) groups is 1. The van der Waals surface area contributed by atoms with Gasteiger partial charge in [0.2, 0.25) is 0 Å². The van der Waals surface area contributed by atoms with Crippen molar-refractivity contribution in [1.29, 1.82) is 0 Å². The Kier molecular flexibility index (Phi) is 10.3. The number of nitrogens with one attached hydrogen (secondary N) is 2. The number of nitrogens with zero attached hydrogens (tertiary/aromatic N) is 2. The molecule has 0 radical (unpaired) electrons. The maximum absolute atomic E-state index is 5.31. The van der Waals surface area contributed by atoms with Crippen molar-refractivity contribution in [3.05, 3.63) is 16.1 Å². The van der Waals surface area contributed by atoms with Crippen LogP contribution in [0.15, 0.2) is 10.4 Å². The minimum Gasteiger partial charge on any atom is -0.385 e. The second kappa shape index (κ2) is 11.3. The average molecular weight is 480 g/mol. The minimum absolute atomic E-state index is 0. The molecule has 2 N–H and O–H groups in total. The van der Waals surface area contributed by atoms with Crippen molar-refractivity contribution >= 4 is 41.3 Å². The zero-order valence-corrected chi connectivity index (χ0v) is 19.1. The van der Waals surface area contributed by atoms with Gasteiger partial charge in [-0.3, -0.25) is 4.99 Å². The molecule has 1 aromatic heterocycles. The molecule has 0 unspecified atom stereocenters. The summed E-state index contributed by atoms with van der Waals surface area (Å²) >= 11 is 1.73. The number of hydrogen-bond acceptors (Lipinski definition) is 4. The van der Waals surface area contributed by atoms with Crippen molar-refractivity contribution < 1.29 is 4.74 Å². The molecule has 1 aromatic rings. The van der Waals surface area contributed by atoms with Gasteiger partial charge in [-0.05, 0) is 24.7 Å². The number of methoxy groups -OCH3 is 1. The SMILES string of the molecule is CN=C(NCc1csc(C(C)C)n1)NCC1(CCOC)CCCC1.I. The van der Waals surface area contributed by atoms with Crippen molar-refractivity contribution in [1.82, 2.24) is 15.6 Å². The molecule has 0 amide bonds. The summed E-state index contributed by atoms with van der Waals surface area (Å²) in [5.74, 6) is 1.35. The first-order valence-corrected chi connectivity index (χ1v) is 9.84. The molecule has 25 heavy (non-hydrogen) atoms. The summed E-state index contributed by atoms with van der Waals surface area (Å²) < 4.78 is 5.31. The Morgan fingerprint density at radius 2 is 2.08 bits per heavy atom. The number of thiazole rings is 1. The van der Waals surface area contributed by atoms with Crippen molar-refractivity contribution in [2.24, 2.45) is 10.4 Å². The molecule has 0 saturated heterocycles. The van der Waals surface area contributed by atoms with Crippen LogP contribution in [0.1, 0.15) is 62.6 Å². The lowest BCUT2D eigenvalue weighted by molar-refractivity contribution is 0.138. The molecular formula is C18H33IN4OS. The van der Waals surface area contributed by atoms with E-state index in [0.29, 0.717) is 17.9 Å². The van der Waals surface area contributed by atoms with Crippen molar-refractivity contribution in [2.45, 2.75) is 58.4 Å². The Hall–Kier alpha value is -0.410. The number of ether oxygens (including phenoxy) is 1. The summed E-state index contributed by atoms with van der Waals surface area (Å²) in [6.45, 7) is 6.87. The van der Waals surface area contributed by atoms with Gasteiger partial charge in [-0.2, -0.15) is 0 Å². The van der Waals surface area contributed by atoms with Crippen LogP contribution >= 0.6 is 35.3 Å². The van der Waals surface area contributed by atoms with Crippen molar-refractivity contribution in [3.8, 4) is 0 Å². The van der Waals surface area contributed by atoms with E-state index in [2.05, 4.69) is 39.8 Å². The van der Waals surface area contributed by atoms with Gasteiger partial charge in [0.25, 0.3) is 0 Å². The van der Waals surface area contributed by atoms with Crippen molar-refractivity contribution in [2.75, 3.05) is 27.3 Å². The van der Waals surface area contributed by atoms with Gasteiger partial charge in [0, 0.05) is 38.6 Å². The van der Waals surface area contributed by atoms with Crippen molar-refractivity contribution in [3.63, 3.8) is 0 Å². The van der Waals surface area contributed by atoms with Gasteiger partial charge < -0.3 is 15.4 Å². The van der Waals surface area contributed by atoms with E-state index in [4.69, 9.17) is 4.74 Å². The molecule has 2 rings (SSSR count). The lowest BCUT2D eigenvalue weighted by Crippen LogP contribution is -2.43. The lowest BCUT2D eigenvalue weighted by atomic mass is 9.83. The molecule has 0 aromatic carbocycles. The summed E-state index contributed by atoms with van der Waals surface area (Å²) in [5, 5.41) is 10.2. The van der Waals surface area contributed by atoms with Crippen LogP contribution in [-0.4, -0.2) is 38.3 Å². The van der Waals surface area contributed by atoms with Gasteiger partial charge in [-0.25, -0.2) is 4.98 Å². The Bertz CT molecular complexity index is 527. The third kappa shape index (κ3) is 7.02. The fourth-order valence-electron chi connectivity index (χ4n) is 3.29. The van der Waals surface area contributed by atoms with Crippen LogP contribution in [-0.2, 0) is 11.3 Å².